The summed E-state index contributed by atoms with van der Waals surface area (Å²) in [5, 5.41) is 3.44. The van der Waals surface area contributed by atoms with Gasteiger partial charge in [0.2, 0.25) is 0 Å². The maximum Gasteiger partial charge on any atom is 0.128 e. The van der Waals surface area contributed by atoms with E-state index < -0.39 is 0 Å². The van der Waals surface area contributed by atoms with E-state index in [-0.39, 0.29) is 12.2 Å². The molecule has 1 fully saturated rings. The van der Waals surface area contributed by atoms with Gasteiger partial charge in [-0.25, -0.2) is 0 Å². The summed E-state index contributed by atoms with van der Waals surface area (Å²) < 4.78 is 12.9. The Kier molecular flexibility index (Phi) is 5.25. The smallest absolute Gasteiger partial charge is 0.128 e. The molecule has 2 rings (SSSR count). The lowest BCUT2D eigenvalue weighted by molar-refractivity contribution is -0.104. The Morgan fingerprint density at radius 1 is 1.37 bits per heavy atom. The van der Waals surface area contributed by atoms with Crippen LogP contribution in [0.25, 0.3) is 0 Å². The average Bonchev–Trinajstić information content (AvgIpc) is 2.39. The van der Waals surface area contributed by atoms with Gasteiger partial charge in [-0.1, -0.05) is 22.9 Å². The maximum absolute atomic E-state index is 6.04. The second-order valence-corrected chi connectivity index (χ2v) is 5.74. The summed E-state index contributed by atoms with van der Waals surface area (Å²) in [7, 11) is 0. The number of nitrogens with one attached hydrogen (secondary N) is 1. The monoisotopic (exact) mass is 327 g/mol. The summed E-state index contributed by atoms with van der Waals surface area (Å²) in [5.74, 6) is 0.922. The highest BCUT2D eigenvalue weighted by Crippen LogP contribution is 2.30. The molecule has 106 valence electrons. The van der Waals surface area contributed by atoms with Crippen molar-refractivity contribution in [3.8, 4) is 5.75 Å². The van der Waals surface area contributed by atoms with Gasteiger partial charge in [-0.15, -0.1) is 0 Å². The van der Waals surface area contributed by atoms with E-state index in [1.807, 2.05) is 19.1 Å². The molecule has 1 aliphatic carbocycles. The van der Waals surface area contributed by atoms with Gasteiger partial charge in [0.1, 0.15) is 18.0 Å². The predicted molar refractivity (Wildman–Crippen MR) is 80.8 cm³/mol. The molecule has 3 atom stereocenters. The van der Waals surface area contributed by atoms with Gasteiger partial charge in [0.15, 0.2) is 0 Å². The second-order valence-electron chi connectivity index (χ2n) is 4.89. The molecule has 0 saturated heterocycles. The molecule has 0 amide bonds. The fraction of sp³-hybridized carbons (Fsp3) is 0.600. The Morgan fingerprint density at radius 2 is 2.16 bits per heavy atom. The molecule has 1 aromatic carbocycles. The Hall–Kier alpha value is -0.580. The first-order valence-electron chi connectivity index (χ1n) is 6.93. The average molecular weight is 328 g/mol. The molecule has 1 N–H and O–H groups in total. The largest absolute Gasteiger partial charge is 0.488 e. The lowest BCUT2D eigenvalue weighted by Gasteiger charge is -2.44. The number of likely N-dealkylation sites (N-methyl/N-ethyl adjacent to an activating group) is 1. The molecule has 4 heteroatoms. The van der Waals surface area contributed by atoms with E-state index in [4.69, 9.17) is 9.47 Å². The molecule has 0 aliphatic heterocycles. The minimum absolute atomic E-state index is 0.157. The number of hydrogen-bond acceptors (Lipinski definition) is 3. The van der Waals surface area contributed by atoms with Gasteiger partial charge in [0.25, 0.3) is 0 Å². The van der Waals surface area contributed by atoms with Crippen molar-refractivity contribution in [3.63, 3.8) is 0 Å². The van der Waals surface area contributed by atoms with Gasteiger partial charge in [-0.05, 0) is 44.2 Å². The van der Waals surface area contributed by atoms with E-state index in [0.717, 1.165) is 29.8 Å². The van der Waals surface area contributed by atoms with Crippen LogP contribution in [0.15, 0.2) is 22.7 Å². The summed E-state index contributed by atoms with van der Waals surface area (Å²) in [6.45, 7) is 7.92. The van der Waals surface area contributed by atoms with Gasteiger partial charge < -0.3 is 14.8 Å². The third-order valence-corrected chi connectivity index (χ3v) is 4.38. The van der Waals surface area contributed by atoms with Crippen molar-refractivity contribution >= 4 is 15.9 Å². The number of rotatable bonds is 6. The van der Waals surface area contributed by atoms with Crippen molar-refractivity contribution < 1.29 is 9.47 Å². The Bertz CT molecular complexity index is 425. The van der Waals surface area contributed by atoms with Gasteiger partial charge in [-0.2, -0.15) is 0 Å². The SMILES string of the molecule is CCNC1CC(Oc2ccc(Br)c(C)c2)C1OCC. The van der Waals surface area contributed by atoms with Crippen LogP contribution in [0.2, 0.25) is 0 Å². The van der Waals surface area contributed by atoms with Crippen LogP contribution in [0.3, 0.4) is 0 Å². The molecular weight excluding hydrogens is 306 g/mol. The fourth-order valence-electron chi connectivity index (χ4n) is 2.44. The van der Waals surface area contributed by atoms with Crippen LogP contribution in [-0.2, 0) is 4.74 Å². The quantitative estimate of drug-likeness (QED) is 0.869. The molecular formula is C15H22BrNO2. The van der Waals surface area contributed by atoms with Crippen LogP contribution >= 0.6 is 15.9 Å². The lowest BCUT2D eigenvalue weighted by atomic mass is 9.85. The minimum atomic E-state index is 0.157. The lowest BCUT2D eigenvalue weighted by Crippen LogP contribution is -2.61. The van der Waals surface area contributed by atoms with Crippen molar-refractivity contribution in [2.75, 3.05) is 13.2 Å². The number of hydrogen-bond donors (Lipinski definition) is 1. The summed E-state index contributed by atoms with van der Waals surface area (Å²) in [6.07, 6.45) is 1.33. The molecule has 1 aliphatic rings. The molecule has 0 bridgehead atoms. The van der Waals surface area contributed by atoms with E-state index in [0.29, 0.717) is 6.04 Å². The highest BCUT2D eigenvalue weighted by Gasteiger charge is 2.43. The van der Waals surface area contributed by atoms with Crippen LogP contribution in [0.5, 0.6) is 5.75 Å². The minimum Gasteiger partial charge on any atom is -0.488 e. The van der Waals surface area contributed by atoms with Crippen molar-refractivity contribution in [1.29, 1.82) is 0 Å². The number of halogens is 1. The molecule has 1 saturated carbocycles. The van der Waals surface area contributed by atoms with E-state index in [1.165, 1.54) is 5.56 Å². The molecule has 0 aromatic heterocycles. The Balaban J connectivity index is 1.96. The summed E-state index contributed by atoms with van der Waals surface area (Å²) in [4.78, 5) is 0. The van der Waals surface area contributed by atoms with Gasteiger partial charge in [0, 0.05) is 23.5 Å². The highest BCUT2D eigenvalue weighted by molar-refractivity contribution is 9.10. The Morgan fingerprint density at radius 3 is 2.79 bits per heavy atom. The van der Waals surface area contributed by atoms with Crippen LogP contribution in [0, 0.1) is 6.92 Å². The molecule has 19 heavy (non-hydrogen) atoms. The van der Waals surface area contributed by atoms with E-state index in [1.54, 1.807) is 0 Å². The summed E-state index contributed by atoms with van der Waals surface area (Å²) in [5.41, 5.74) is 1.19. The fourth-order valence-corrected chi connectivity index (χ4v) is 2.69. The third kappa shape index (κ3) is 3.50. The first-order valence-corrected chi connectivity index (χ1v) is 7.72. The number of aryl methyl sites for hydroxylation is 1. The van der Waals surface area contributed by atoms with Crippen LogP contribution in [0.1, 0.15) is 25.8 Å². The van der Waals surface area contributed by atoms with Crippen molar-refractivity contribution in [1.82, 2.24) is 5.32 Å². The molecule has 0 radical (unpaired) electrons. The van der Waals surface area contributed by atoms with Gasteiger partial charge >= 0.3 is 0 Å². The topological polar surface area (TPSA) is 30.5 Å². The molecule has 0 heterocycles. The van der Waals surface area contributed by atoms with Crippen LogP contribution in [0.4, 0.5) is 0 Å². The molecule has 0 spiro atoms. The van der Waals surface area contributed by atoms with E-state index >= 15 is 0 Å². The zero-order valence-corrected chi connectivity index (χ0v) is 13.4. The van der Waals surface area contributed by atoms with E-state index in [2.05, 4.69) is 41.2 Å². The van der Waals surface area contributed by atoms with Crippen LogP contribution < -0.4 is 10.1 Å². The predicted octanol–water partition coefficient (Wildman–Crippen LogP) is 3.29. The zero-order valence-electron chi connectivity index (χ0n) is 11.8. The zero-order chi connectivity index (χ0) is 13.8. The second kappa shape index (κ2) is 6.73. The first kappa shape index (κ1) is 14.8. The van der Waals surface area contributed by atoms with Crippen molar-refractivity contribution in [3.05, 3.63) is 28.2 Å². The van der Waals surface area contributed by atoms with Crippen molar-refractivity contribution in [2.45, 2.75) is 45.4 Å². The normalized spacial score (nSPS) is 26.0. The van der Waals surface area contributed by atoms with Crippen molar-refractivity contribution in [2.24, 2.45) is 0 Å². The summed E-state index contributed by atoms with van der Waals surface area (Å²) in [6, 6.07) is 6.52. The van der Waals surface area contributed by atoms with Gasteiger partial charge in [0.05, 0.1) is 0 Å². The Labute approximate surface area is 123 Å². The standard InChI is InChI=1S/C15H22BrNO2/c1-4-17-13-9-14(15(13)18-5-2)19-11-6-7-12(16)10(3)8-11/h6-8,13-15,17H,4-5,9H2,1-3H3. The van der Waals surface area contributed by atoms with Crippen LogP contribution in [-0.4, -0.2) is 31.4 Å². The first-order chi connectivity index (χ1) is 9.15. The maximum atomic E-state index is 6.04. The van der Waals surface area contributed by atoms with Gasteiger partial charge in [-0.3, -0.25) is 0 Å². The van der Waals surface area contributed by atoms with E-state index in [9.17, 15) is 0 Å². The molecule has 3 nitrogen and oxygen atoms in total. The molecule has 1 aromatic rings. The highest BCUT2D eigenvalue weighted by atomic mass is 79.9. The number of benzene rings is 1. The molecule has 3 unspecified atom stereocenters. The number of ether oxygens (including phenoxy) is 2. The summed E-state index contributed by atoms with van der Waals surface area (Å²) >= 11 is 3.50. The third-order valence-electron chi connectivity index (χ3n) is 3.49.